The number of hydrogen-bond acceptors (Lipinski definition) is 4. The Morgan fingerprint density at radius 3 is 2.59 bits per heavy atom. The standard InChI is InChI=1S/C11H15NO4S/c12-17(13,14)11-3-1-10(2-4-11)16-8-9-5-6-15-7-9/h1-4,9H,5-8H2,(H2,12,13,14). The minimum atomic E-state index is -3.63. The first-order valence-electron chi connectivity index (χ1n) is 5.39. The van der Waals surface area contributed by atoms with Crippen LogP contribution in [0.1, 0.15) is 6.42 Å². The third-order valence-corrected chi connectivity index (χ3v) is 3.59. The van der Waals surface area contributed by atoms with Gasteiger partial charge >= 0.3 is 0 Å². The van der Waals surface area contributed by atoms with Crippen LogP contribution in [0.4, 0.5) is 0 Å². The fraction of sp³-hybridized carbons (Fsp3) is 0.455. The van der Waals surface area contributed by atoms with Gasteiger partial charge in [0.25, 0.3) is 0 Å². The fourth-order valence-electron chi connectivity index (χ4n) is 1.65. The van der Waals surface area contributed by atoms with E-state index < -0.39 is 10.0 Å². The number of benzene rings is 1. The molecule has 0 aromatic heterocycles. The second kappa shape index (κ2) is 5.03. The van der Waals surface area contributed by atoms with Crippen molar-refractivity contribution in [3.05, 3.63) is 24.3 Å². The number of nitrogens with two attached hydrogens (primary N) is 1. The Bertz CT molecular complexity index is 463. The van der Waals surface area contributed by atoms with E-state index in [-0.39, 0.29) is 4.90 Å². The van der Waals surface area contributed by atoms with Crippen molar-refractivity contribution in [3.63, 3.8) is 0 Å². The number of hydrogen-bond donors (Lipinski definition) is 1. The van der Waals surface area contributed by atoms with Crippen LogP contribution in [-0.2, 0) is 14.8 Å². The van der Waals surface area contributed by atoms with Crippen LogP contribution in [0.15, 0.2) is 29.2 Å². The molecule has 0 saturated carbocycles. The maximum absolute atomic E-state index is 11.0. The molecule has 0 amide bonds. The van der Waals surface area contributed by atoms with Crippen molar-refractivity contribution < 1.29 is 17.9 Å². The number of ether oxygens (including phenoxy) is 2. The lowest BCUT2D eigenvalue weighted by molar-refractivity contribution is 0.167. The third kappa shape index (κ3) is 3.42. The van der Waals surface area contributed by atoms with Gasteiger partial charge in [-0.1, -0.05) is 0 Å². The summed E-state index contributed by atoms with van der Waals surface area (Å²) in [6.45, 7) is 2.11. The SMILES string of the molecule is NS(=O)(=O)c1ccc(OCC2CCOC2)cc1. The van der Waals surface area contributed by atoms with Crippen LogP contribution in [0.3, 0.4) is 0 Å². The average molecular weight is 257 g/mol. The van der Waals surface area contributed by atoms with E-state index in [0.717, 1.165) is 19.6 Å². The molecule has 2 rings (SSSR count). The lowest BCUT2D eigenvalue weighted by Crippen LogP contribution is -2.13. The predicted octanol–water partition coefficient (Wildman–Crippen LogP) is 0.749. The van der Waals surface area contributed by atoms with Crippen molar-refractivity contribution in [2.45, 2.75) is 11.3 Å². The van der Waals surface area contributed by atoms with E-state index >= 15 is 0 Å². The summed E-state index contributed by atoms with van der Waals surface area (Å²) in [6, 6.07) is 6.09. The van der Waals surface area contributed by atoms with Crippen molar-refractivity contribution in [3.8, 4) is 5.75 Å². The molecule has 1 aliphatic heterocycles. The monoisotopic (exact) mass is 257 g/mol. The summed E-state index contributed by atoms with van der Waals surface area (Å²) in [5.41, 5.74) is 0. The Morgan fingerprint density at radius 2 is 2.06 bits per heavy atom. The minimum Gasteiger partial charge on any atom is -0.493 e. The Kier molecular flexibility index (Phi) is 3.66. The van der Waals surface area contributed by atoms with Crippen LogP contribution in [0.5, 0.6) is 5.75 Å². The van der Waals surface area contributed by atoms with Crippen molar-refractivity contribution in [1.29, 1.82) is 0 Å². The molecule has 1 atom stereocenters. The summed E-state index contributed by atoms with van der Waals surface area (Å²) >= 11 is 0. The third-order valence-electron chi connectivity index (χ3n) is 2.66. The summed E-state index contributed by atoms with van der Waals surface area (Å²) in [6.07, 6.45) is 1.01. The molecule has 1 aromatic carbocycles. The van der Waals surface area contributed by atoms with Gasteiger partial charge in [-0.2, -0.15) is 0 Å². The van der Waals surface area contributed by atoms with E-state index in [9.17, 15) is 8.42 Å². The molecule has 17 heavy (non-hydrogen) atoms. The molecule has 1 fully saturated rings. The lowest BCUT2D eigenvalue weighted by atomic mass is 10.1. The summed E-state index contributed by atoms with van der Waals surface area (Å²) < 4.78 is 32.8. The Morgan fingerprint density at radius 1 is 1.35 bits per heavy atom. The average Bonchev–Trinajstić information content (AvgIpc) is 2.78. The van der Waals surface area contributed by atoms with Crippen LogP contribution < -0.4 is 9.88 Å². The number of primary sulfonamides is 1. The number of sulfonamides is 1. The molecule has 94 valence electrons. The molecule has 1 unspecified atom stereocenters. The summed E-state index contributed by atoms with van der Waals surface area (Å²) in [5.74, 6) is 1.07. The molecular formula is C11H15NO4S. The first kappa shape index (κ1) is 12.3. The zero-order valence-corrected chi connectivity index (χ0v) is 10.2. The second-order valence-electron chi connectivity index (χ2n) is 4.06. The van der Waals surface area contributed by atoms with Gasteiger partial charge in [0.2, 0.25) is 10.0 Å². The van der Waals surface area contributed by atoms with Crippen molar-refractivity contribution >= 4 is 10.0 Å². The maximum atomic E-state index is 11.0. The topological polar surface area (TPSA) is 78.6 Å². The Labute approximate surface area is 101 Å². The molecule has 1 aliphatic rings. The van der Waals surface area contributed by atoms with Gasteiger partial charge in [-0.25, -0.2) is 13.6 Å². The zero-order valence-electron chi connectivity index (χ0n) is 9.33. The highest BCUT2D eigenvalue weighted by Crippen LogP contribution is 2.18. The molecule has 1 saturated heterocycles. The summed E-state index contributed by atoms with van der Waals surface area (Å²) in [7, 11) is -3.63. The first-order chi connectivity index (χ1) is 8.05. The van der Waals surface area contributed by atoms with E-state index in [0.29, 0.717) is 18.3 Å². The van der Waals surface area contributed by atoms with Gasteiger partial charge < -0.3 is 9.47 Å². The minimum absolute atomic E-state index is 0.0917. The van der Waals surface area contributed by atoms with Crippen LogP contribution in [0.25, 0.3) is 0 Å². The molecule has 5 nitrogen and oxygen atoms in total. The highest BCUT2D eigenvalue weighted by atomic mass is 32.2. The summed E-state index contributed by atoms with van der Waals surface area (Å²) in [4.78, 5) is 0.0917. The highest BCUT2D eigenvalue weighted by molar-refractivity contribution is 7.89. The smallest absolute Gasteiger partial charge is 0.238 e. The van der Waals surface area contributed by atoms with Crippen LogP contribution in [-0.4, -0.2) is 28.2 Å². The van der Waals surface area contributed by atoms with Crippen molar-refractivity contribution in [1.82, 2.24) is 0 Å². The van der Waals surface area contributed by atoms with E-state index in [1.807, 2.05) is 0 Å². The van der Waals surface area contributed by atoms with E-state index in [2.05, 4.69) is 0 Å². The van der Waals surface area contributed by atoms with Gasteiger partial charge in [-0.05, 0) is 30.7 Å². The molecular weight excluding hydrogens is 242 g/mol. The predicted molar refractivity (Wildman–Crippen MR) is 62.2 cm³/mol. The Hall–Kier alpha value is -1.11. The molecule has 0 bridgehead atoms. The molecule has 0 spiro atoms. The van der Waals surface area contributed by atoms with Gasteiger partial charge in [0.05, 0.1) is 18.1 Å². The number of rotatable bonds is 4. The van der Waals surface area contributed by atoms with Gasteiger partial charge in [0.15, 0.2) is 0 Å². The lowest BCUT2D eigenvalue weighted by Gasteiger charge is -2.10. The zero-order chi connectivity index (χ0) is 12.3. The Balaban J connectivity index is 1.94. The van der Waals surface area contributed by atoms with Crippen LogP contribution >= 0.6 is 0 Å². The molecule has 1 heterocycles. The molecule has 6 heteroatoms. The maximum Gasteiger partial charge on any atom is 0.238 e. The fourth-order valence-corrected chi connectivity index (χ4v) is 2.17. The van der Waals surface area contributed by atoms with Gasteiger partial charge in [0, 0.05) is 12.5 Å². The van der Waals surface area contributed by atoms with Gasteiger partial charge in [-0.3, -0.25) is 0 Å². The second-order valence-corrected chi connectivity index (χ2v) is 5.62. The van der Waals surface area contributed by atoms with Gasteiger partial charge in [0.1, 0.15) is 5.75 Å². The van der Waals surface area contributed by atoms with E-state index in [4.69, 9.17) is 14.6 Å². The van der Waals surface area contributed by atoms with Gasteiger partial charge in [-0.15, -0.1) is 0 Å². The molecule has 2 N–H and O–H groups in total. The normalized spacial score (nSPS) is 20.4. The largest absolute Gasteiger partial charge is 0.493 e. The van der Waals surface area contributed by atoms with Crippen molar-refractivity contribution in [2.75, 3.05) is 19.8 Å². The first-order valence-corrected chi connectivity index (χ1v) is 6.94. The highest BCUT2D eigenvalue weighted by Gasteiger charge is 2.16. The quantitative estimate of drug-likeness (QED) is 0.863. The molecule has 0 radical (unpaired) electrons. The van der Waals surface area contributed by atoms with Crippen molar-refractivity contribution in [2.24, 2.45) is 11.1 Å². The summed E-state index contributed by atoms with van der Waals surface area (Å²) in [5, 5.41) is 5.00. The van der Waals surface area contributed by atoms with E-state index in [1.165, 1.54) is 12.1 Å². The van der Waals surface area contributed by atoms with Crippen LogP contribution in [0, 0.1) is 5.92 Å². The van der Waals surface area contributed by atoms with Crippen LogP contribution in [0.2, 0.25) is 0 Å². The van der Waals surface area contributed by atoms with E-state index in [1.54, 1.807) is 12.1 Å². The molecule has 1 aromatic rings. The molecule has 0 aliphatic carbocycles.